The zero-order valence-corrected chi connectivity index (χ0v) is 18.2. The second kappa shape index (κ2) is 8.30. The van der Waals surface area contributed by atoms with Gasteiger partial charge in [-0.1, -0.05) is 0 Å². The standard InChI is InChI=1S/C19H26F3N5O3S/c1-12-9-16(17-11-26(7-8-30-17)31(28,29)23-2)27-18(24-12)10-15(25-27)13-3-5-14(6-4-13)19(20,21)22/h9-10,13-14,17,23H,3-8,11H2,1-2H3/t13?,14?,17-/m1/s1. The quantitative estimate of drug-likeness (QED) is 0.757. The van der Waals surface area contributed by atoms with Gasteiger partial charge in [-0.15, -0.1) is 0 Å². The Morgan fingerprint density at radius 1 is 1.19 bits per heavy atom. The van der Waals surface area contributed by atoms with Crippen molar-refractivity contribution in [3.05, 3.63) is 29.2 Å². The van der Waals surface area contributed by atoms with E-state index in [9.17, 15) is 21.6 Å². The molecule has 12 heteroatoms. The molecule has 2 aromatic heterocycles. The molecule has 0 spiro atoms. The largest absolute Gasteiger partial charge is 0.391 e. The average molecular weight is 462 g/mol. The van der Waals surface area contributed by atoms with E-state index in [0.717, 1.165) is 11.4 Å². The number of morpholine rings is 1. The van der Waals surface area contributed by atoms with Crippen molar-refractivity contribution >= 4 is 15.9 Å². The summed E-state index contributed by atoms with van der Waals surface area (Å²) in [5.41, 5.74) is 2.70. The molecule has 1 saturated carbocycles. The number of fused-ring (bicyclic) bond motifs is 1. The second-order valence-electron chi connectivity index (χ2n) is 8.18. The fourth-order valence-corrected chi connectivity index (χ4v) is 5.35. The lowest BCUT2D eigenvalue weighted by Crippen LogP contribution is -2.46. The van der Waals surface area contributed by atoms with Crippen molar-refractivity contribution in [3.63, 3.8) is 0 Å². The van der Waals surface area contributed by atoms with Crippen molar-refractivity contribution in [1.29, 1.82) is 0 Å². The molecule has 4 rings (SSSR count). The van der Waals surface area contributed by atoms with E-state index in [2.05, 4.69) is 14.8 Å². The van der Waals surface area contributed by atoms with Crippen LogP contribution in [0, 0.1) is 12.8 Å². The molecule has 1 aliphatic heterocycles. The molecule has 0 amide bonds. The van der Waals surface area contributed by atoms with Crippen molar-refractivity contribution in [2.24, 2.45) is 5.92 Å². The van der Waals surface area contributed by atoms with Crippen LogP contribution in [0.5, 0.6) is 0 Å². The Kier molecular flexibility index (Phi) is 6.01. The van der Waals surface area contributed by atoms with Gasteiger partial charge in [-0.3, -0.25) is 0 Å². The number of halogens is 3. The van der Waals surface area contributed by atoms with Crippen molar-refractivity contribution in [3.8, 4) is 0 Å². The lowest BCUT2D eigenvalue weighted by Gasteiger charge is -2.32. The van der Waals surface area contributed by atoms with Crippen LogP contribution in [-0.4, -0.2) is 60.2 Å². The Morgan fingerprint density at radius 2 is 1.90 bits per heavy atom. The molecule has 2 aromatic rings. The third-order valence-corrected chi connectivity index (χ3v) is 7.69. The zero-order valence-electron chi connectivity index (χ0n) is 17.4. The summed E-state index contributed by atoms with van der Waals surface area (Å²) in [7, 11) is -2.23. The molecule has 8 nitrogen and oxygen atoms in total. The van der Waals surface area contributed by atoms with Crippen LogP contribution in [0.4, 0.5) is 13.2 Å². The van der Waals surface area contributed by atoms with Crippen LogP contribution < -0.4 is 4.72 Å². The highest BCUT2D eigenvalue weighted by atomic mass is 32.2. The molecule has 3 heterocycles. The first kappa shape index (κ1) is 22.4. The normalized spacial score (nSPS) is 26.4. The van der Waals surface area contributed by atoms with Gasteiger partial charge in [0, 0.05) is 37.8 Å². The van der Waals surface area contributed by atoms with E-state index in [1.807, 2.05) is 19.1 Å². The Labute approximate surface area is 179 Å². The Morgan fingerprint density at radius 3 is 2.55 bits per heavy atom. The Hall–Kier alpha value is -1.76. The molecule has 0 aromatic carbocycles. The van der Waals surface area contributed by atoms with Crippen molar-refractivity contribution in [2.45, 2.75) is 50.8 Å². The number of nitrogens with zero attached hydrogens (tertiary/aromatic N) is 4. The SMILES string of the molecule is CNS(=O)(=O)N1CCO[C@@H](c2cc(C)nc3cc(C4CCC(C(F)(F)F)CC4)nn23)C1. The maximum Gasteiger partial charge on any atom is 0.391 e. The number of rotatable bonds is 4. The molecule has 1 atom stereocenters. The summed E-state index contributed by atoms with van der Waals surface area (Å²) in [6.07, 6.45) is -3.62. The molecule has 0 radical (unpaired) electrons. The fraction of sp³-hybridized carbons (Fsp3) is 0.684. The summed E-state index contributed by atoms with van der Waals surface area (Å²) in [6.45, 7) is 2.45. The van der Waals surface area contributed by atoms with Crippen molar-refractivity contribution in [1.82, 2.24) is 23.6 Å². The highest BCUT2D eigenvalue weighted by Crippen LogP contribution is 2.42. The maximum absolute atomic E-state index is 13.0. The van der Waals surface area contributed by atoms with Crippen LogP contribution >= 0.6 is 0 Å². The maximum atomic E-state index is 13.0. The molecular weight excluding hydrogens is 435 g/mol. The van der Waals surface area contributed by atoms with Gasteiger partial charge in [0.05, 0.1) is 23.9 Å². The van der Waals surface area contributed by atoms with Gasteiger partial charge in [-0.2, -0.15) is 31.0 Å². The summed E-state index contributed by atoms with van der Waals surface area (Å²) < 4.78 is 74.5. The molecule has 1 N–H and O–H groups in total. The van der Waals surface area contributed by atoms with E-state index in [1.165, 1.54) is 11.4 Å². The van der Waals surface area contributed by atoms with Crippen LogP contribution in [0.3, 0.4) is 0 Å². The Bertz CT molecular complexity index is 1050. The predicted molar refractivity (Wildman–Crippen MR) is 107 cm³/mol. The zero-order chi connectivity index (χ0) is 22.4. The molecule has 1 aliphatic carbocycles. The highest BCUT2D eigenvalue weighted by molar-refractivity contribution is 7.87. The predicted octanol–water partition coefficient (Wildman–Crippen LogP) is 2.71. The van der Waals surface area contributed by atoms with Crippen LogP contribution in [0.15, 0.2) is 12.1 Å². The minimum absolute atomic E-state index is 0.0538. The van der Waals surface area contributed by atoms with Crippen molar-refractivity contribution in [2.75, 3.05) is 26.7 Å². The number of aromatic nitrogens is 3. The molecule has 2 fully saturated rings. The van der Waals surface area contributed by atoms with E-state index < -0.39 is 28.4 Å². The highest BCUT2D eigenvalue weighted by Gasteiger charge is 2.42. The topological polar surface area (TPSA) is 88.8 Å². The van der Waals surface area contributed by atoms with Crippen LogP contribution in [0.2, 0.25) is 0 Å². The van der Waals surface area contributed by atoms with Crippen LogP contribution in [0.25, 0.3) is 5.65 Å². The molecule has 0 bridgehead atoms. The lowest BCUT2D eigenvalue weighted by molar-refractivity contribution is -0.182. The lowest BCUT2D eigenvalue weighted by atomic mass is 9.80. The molecule has 31 heavy (non-hydrogen) atoms. The van der Waals surface area contributed by atoms with Gasteiger partial charge < -0.3 is 4.74 Å². The number of nitrogens with one attached hydrogen (secondary N) is 1. The molecule has 1 saturated heterocycles. The molecular formula is C19H26F3N5O3S. The minimum atomic E-state index is -4.15. The van der Waals surface area contributed by atoms with Crippen LogP contribution in [0.1, 0.15) is 54.8 Å². The summed E-state index contributed by atoms with van der Waals surface area (Å²) in [6, 6.07) is 3.63. The number of alkyl halides is 3. The number of hydrogen-bond donors (Lipinski definition) is 1. The number of aryl methyl sites for hydroxylation is 1. The number of ether oxygens (including phenoxy) is 1. The minimum Gasteiger partial charge on any atom is -0.369 e. The van der Waals surface area contributed by atoms with E-state index in [1.54, 1.807) is 4.52 Å². The van der Waals surface area contributed by atoms with E-state index in [4.69, 9.17) is 4.74 Å². The van der Waals surface area contributed by atoms with Gasteiger partial charge in [-0.05, 0) is 38.7 Å². The average Bonchev–Trinajstić information content (AvgIpc) is 3.16. The van der Waals surface area contributed by atoms with Crippen LogP contribution in [-0.2, 0) is 14.9 Å². The third-order valence-electron chi connectivity index (χ3n) is 6.17. The molecule has 172 valence electrons. The van der Waals surface area contributed by atoms with Gasteiger partial charge in [0.25, 0.3) is 10.2 Å². The number of hydrogen-bond acceptors (Lipinski definition) is 5. The van der Waals surface area contributed by atoms with Gasteiger partial charge in [0.15, 0.2) is 5.65 Å². The molecule has 0 unspecified atom stereocenters. The third kappa shape index (κ3) is 4.57. The summed E-state index contributed by atoms with van der Waals surface area (Å²) in [5.74, 6) is -1.30. The fourth-order valence-electron chi connectivity index (χ4n) is 4.44. The monoisotopic (exact) mass is 461 g/mol. The second-order valence-corrected chi connectivity index (χ2v) is 10.1. The van der Waals surface area contributed by atoms with E-state index in [0.29, 0.717) is 24.2 Å². The Balaban J connectivity index is 1.60. The van der Waals surface area contributed by atoms with Gasteiger partial charge >= 0.3 is 6.18 Å². The van der Waals surface area contributed by atoms with E-state index in [-0.39, 0.29) is 38.5 Å². The first-order chi connectivity index (χ1) is 14.6. The molecule has 2 aliphatic rings. The summed E-state index contributed by atoms with van der Waals surface area (Å²) >= 11 is 0. The van der Waals surface area contributed by atoms with Crippen molar-refractivity contribution < 1.29 is 26.3 Å². The summed E-state index contributed by atoms with van der Waals surface area (Å²) in [5, 5.41) is 4.66. The van der Waals surface area contributed by atoms with E-state index >= 15 is 0 Å². The summed E-state index contributed by atoms with van der Waals surface area (Å²) in [4.78, 5) is 4.51. The first-order valence-electron chi connectivity index (χ1n) is 10.3. The van der Waals surface area contributed by atoms with Gasteiger partial charge in [0.2, 0.25) is 0 Å². The smallest absolute Gasteiger partial charge is 0.369 e. The van der Waals surface area contributed by atoms with Gasteiger partial charge in [-0.25, -0.2) is 14.2 Å². The van der Waals surface area contributed by atoms with Gasteiger partial charge in [0.1, 0.15) is 6.10 Å². The first-order valence-corrected chi connectivity index (χ1v) is 11.8.